The third-order valence-electron chi connectivity index (χ3n) is 2.15. The number of amides is 1. The van der Waals surface area contributed by atoms with Gasteiger partial charge < -0.3 is 10.1 Å². The number of rotatable bonds is 4. The van der Waals surface area contributed by atoms with E-state index in [2.05, 4.69) is 5.32 Å². The van der Waals surface area contributed by atoms with Crippen LogP contribution < -0.4 is 5.32 Å². The van der Waals surface area contributed by atoms with Crippen molar-refractivity contribution in [3.8, 4) is 0 Å². The van der Waals surface area contributed by atoms with E-state index in [0.29, 0.717) is 5.56 Å². The summed E-state index contributed by atoms with van der Waals surface area (Å²) in [4.78, 5) is 23.0. The van der Waals surface area contributed by atoms with Crippen LogP contribution >= 0.6 is 11.6 Å². The van der Waals surface area contributed by atoms with Gasteiger partial charge in [-0.15, -0.1) is 0 Å². The number of hydrogen-bond donors (Lipinski definition) is 1. The van der Waals surface area contributed by atoms with Crippen molar-refractivity contribution in [2.24, 2.45) is 0 Å². The van der Waals surface area contributed by atoms with Gasteiger partial charge in [0.15, 0.2) is 5.78 Å². The number of ether oxygens (including phenoxy) is 1. The molecule has 1 N–H and O–H groups in total. The van der Waals surface area contributed by atoms with Gasteiger partial charge in [-0.1, -0.05) is 11.6 Å². The van der Waals surface area contributed by atoms with Crippen LogP contribution in [0.15, 0.2) is 18.2 Å². The molecule has 0 aliphatic carbocycles. The number of carbonyl (C=O) groups excluding carboxylic acids is 2. The Hall–Kier alpha value is -1.62. The van der Waals surface area contributed by atoms with Crippen molar-refractivity contribution in [1.82, 2.24) is 5.32 Å². The van der Waals surface area contributed by atoms with Crippen molar-refractivity contribution in [3.05, 3.63) is 34.6 Å². The summed E-state index contributed by atoms with van der Waals surface area (Å²) in [6.07, 6.45) is -0.670. The number of ketones is 1. The predicted molar refractivity (Wildman–Crippen MR) is 74.4 cm³/mol. The van der Waals surface area contributed by atoms with Crippen LogP contribution in [0.4, 0.5) is 9.18 Å². The third kappa shape index (κ3) is 6.52. The van der Waals surface area contributed by atoms with Crippen LogP contribution in [0.3, 0.4) is 0 Å². The smallest absolute Gasteiger partial charge is 0.408 e. The second-order valence-corrected chi connectivity index (χ2v) is 5.79. The molecule has 6 heteroatoms. The van der Waals surface area contributed by atoms with Crippen LogP contribution in [0.2, 0.25) is 5.02 Å². The van der Waals surface area contributed by atoms with Crippen LogP contribution in [-0.4, -0.2) is 24.0 Å². The first-order valence-electron chi connectivity index (χ1n) is 6.09. The Bertz CT molecular complexity index is 491. The molecule has 0 atom stereocenters. The summed E-state index contributed by atoms with van der Waals surface area (Å²) in [5, 5.41) is 2.58. The fourth-order valence-corrected chi connectivity index (χ4v) is 1.73. The van der Waals surface area contributed by atoms with Gasteiger partial charge in [0, 0.05) is 11.4 Å². The first-order valence-corrected chi connectivity index (χ1v) is 6.47. The molecule has 110 valence electrons. The Balaban J connectivity index is 2.46. The molecule has 0 unspecified atom stereocenters. The Morgan fingerprint density at radius 2 is 1.95 bits per heavy atom. The molecule has 0 saturated heterocycles. The standard InChI is InChI=1S/C14H17ClFNO3/c1-14(2,3)20-13(19)17-8-12(18)6-9-4-10(15)7-11(16)5-9/h4-5,7H,6,8H2,1-3H3,(H,17,19). The molecular weight excluding hydrogens is 285 g/mol. The minimum atomic E-state index is -0.664. The van der Waals surface area contributed by atoms with Crippen molar-refractivity contribution in [2.45, 2.75) is 32.8 Å². The van der Waals surface area contributed by atoms with E-state index in [1.807, 2.05) is 0 Å². The molecule has 1 amide bonds. The van der Waals surface area contributed by atoms with Crippen molar-refractivity contribution in [1.29, 1.82) is 0 Å². The predicted octanol–water partition coefficient (Wildman–Crippen LogP) is 3.12. The van der Waals surface area contributed by atoms with Crippen molar-refractivity contribution < 1.29 is 18.7 Å². The molecule has 20 heavy (non-hydrogen) atoms. The Labute approximate surface area is 122 Å². The molecule has 0 aliphatic rings. The Kier molecular flexibility index (Phi) is 5.51. The zero-order chi connectivity index (χ0) is 15.3. The minimum Gasteiger partial charge on any atom is -0.444 e. The van der Waals surface area contributed by atoms with Gasteiger partial charge in [0.05, 0.1) is 6.54 Å². The molecule has 0 aromatic heterocycles. The number of carbonyl (C=O) groups is 2. The van der Waals surface area contributed by atoms with Gasteiger partial charge in [-0.25, -0.2) is 9.18 Å². The molecule has 1 aromatic carbocycles. The van der Waals surface area contributed by atoms with Crippen LogP contribution in [0, 0.1) is 5.82 Å². The van der Waals surface area contributed by atoms with Crippen LogP contribution in [-0.2, 0) is 16.0 Å². The first-order chi connectivity index (χ1) is 9.15. The van der Waals surface area contributed by atoms with E-state index in [-0.39, 0.29) is 23.8 Å². The molecule has 0 fully saturated rings. The quantitative estimate of drug-likeness (QED) is 0.929. The topological polar surface area (TPSA) is 55.4 Å². The fraction of sp³-hybridized carbons (Fsp3) is 0.429. The maximum absolute atomic E-state index is 13.1. The van der Waals surface area contributed by atoms with E-state index < -0.39 is 17.5 Å². The average molecular weight is 302 g/mol. The minimum absolute atomic E-state index is 0.00667. The van der Waals surface area contributed by atoms with Crippen molar-refractivity contribution in [3.63, 3.8) is 0 Å². The highest BCUT2D eigenvalue weighted by Crippen LogP contribution is 2.14. The number of Topliss-reactive ketones (excluding diaryl/α,β-unsaturated/α-hetero) is 1. The molecule has 0 bridgehead atoms. The Morgan fingerprint density at radius 3 is 2.50 bits per heavy atom. The van der Waals surface area contributed by atoms with Gasteiger partial charge in [0.2, 0.25) is 0 Å². The largest absolute Gasteiger partial charge is 0.444 e. The number of benzene rings is 1. The summed E-state index contributed by atoms with van der Waals surface area (Å²) in [5.41, 5.74) is -0.158. The van der Waals surface area contributed by atoms with Crippen molar-refractivity contribution in [2.75, 3.05) is 6.54 Å². The zero-order valence-electron chi connectivity index (χ0n) is 11.6. The molecule has 0 aliphatic heterocycles. The van der Waals surface area contributed by atoms with Gasteiger partial charge in [-0.2, -0.15) is 0 Å². The fourth-order valence-electron chi connectivity index (χ4n) is 1.49. The van der Waals surface area contributed by atoms with Gasteiger partial charge in [-0.05, 0) is 44.5 Å². The summed E-state index contributed by atoms with van der Waals surface area (Å²) in [6, 6.07) is 3.90. The van der Waals surface area contributed by atoms with E-state index in [4.69, 9.17) is 16.3 Å². The lowest BCUT2D eigenvalue weighted by molar-refractivity contribution is -0.117. The van der Waals surface area contributed by atoms with Gasteiger partial charge in [0.25, 0.3) is 0 Å². The highest BCUT2D eigenvalue weighted by molar-refractivity contribution is 6.30. The maximum Gasteiger partial charge on any atom is 0.408 e. The number of alkyl carbamates (subject to hydrolysis) is 1. The van der Waals surface area contributed by atoms with E-state index in [1.54, 1.807) is 20.8 Å². The van der Waals surface area contributed by atoms with Crippen LogP contribution in [0.25, 0.3) is 0 Å². The number of halogens is 2. The second-order valence-electron chi connectivity index (χ2n) is 5.35. The summed E-state index contributed by atoms with van der Waals surface area (Å²) < 4.78 is 18.1. The molecule has 1 rings (SSSR count). The molecular formula is C14H17ClFNO3. The third-order valence-corrected chi connectivity index (χ3v) is 2.37. The lowest BCUT2D eigenvalue weighted by Crippen LogP contribution is -2.35. The first kappa shape index (κ1) is 16.4. The number of hydrogen-bond acceptors (Lipinski definition) is 3. The van der Waals surface area contributed by atoms with Crippen molar-refractivity contribution >= 4 is 23.5 Å². The zero-order valence-corrected chi connectivity index (χ0v) is 12.4. The molecule has 0 heterocycles. The lowest BCUT2D eigenvalue weighted by atomic mass is 10.1. The summed E-state index contributed by atoms with van der Waals surface area (Å²) in [6.45, 7) is 5.00. The average Bonchev–Trinajstić information content (AvgIpc) is 2.22. The lowest BCUT2D eigenvalue weighted by Gasteiger charge is -2.19. The molecule has 0 spiro atoms. The highest BCUT2D eigenvalue weighted by Gasteiger charge is 2.16. The normalized spacial score (nSPS) is 11.1. The highest BCUT2D eigenvalue weighted by atomic mass is 35.5. The van der Waals surface area contributed by atoms with Gasteiger partial charge >= 0.3 is 6.09 Å². The van der Waals surface area contributed by atoms with Gasteiger partial charge in [0.1, 0.15) is 11.4 Å². The number of nitrogens with one attached hydrogen (secondary N) is 1. The summed E-state index contributed by atoms with van der Waals surface area (Å²) >= 11 is 5.69. The van der Waals surface area contributed by atoms with E-state index in [1.165, 1.54) is 12.1 Å². The van der Waals surface area contributed by atoms with E-state index in [9.17, 15) is 14.0 Å². The second kappa shape index (κ2) is 6.70. The van der Waals surface area contributed by atoms with Crippen LogP contribution in [0.5, 0.6) is 0 Å². The van der Waals surface area contributed by atoms with E-state index >= 15 is 0 Å². The maximum atomic E-state index is 13.1. The Morgan fingerprint density at radius 1 is 1.30 bits per heavy atom. The molecule has 0 radical (unpaired) electrons. The summed E-state index contributed by atoms with van der Waals surface area (Å²) in [5.74, 6) is -0.766. The molecule has 4 nitrogen and oxygen atoms in total. The summed E-state index contributed by atoms with van der Waals surface area (Å²) in [7, 11) is 0. The van der Waals surface area contributed by atoms with Gasteiger partial charge in [-0.3, -0.25) is 4.79 Å². The monoisotopic (exact) mass is 301 g/mol. The SMILES string of the molecule is CC(C)(C)OC(=O)NCC(=O)Cc1cc(F)cc(Cl)c1. The molecule has 0 saturated carbocycles. The van der Waals surface area contributed by atoms with Crippen LogP contribution in [0.1, 0.15) is 26.3 Å². The van der Waals surface area contributed by atoms with E-state index in [0.717, 1.165) is 6.07 Å². The molecule has 1 aromatic rings.